The fourth-order valence-electron chi connectivity index (χ4n) is 3.54. The molecule has 7 atom stereocenters. The molecule has 1 saturated heterocycles. The molecule has 0 spiro atoms. The van der Waals surface area contributed by atoms with Gasteiger partial charge in [0.15, 0.2) is 17.4 Å². The molecule has 222 valence electrons. The van der Waals surface area contributed by atoms with Crippen LogP contribution in [0.3, 0.4) is 0 Å². The predicted molar refractivity (Wildman–Crippen MR) is 135 cm³/mol. The number of phosphoric acid groups is 2. The molecule has 1 aliphatic heterocycles. The highest BCUT2D eigenvalue weighted by molar-refractivity contribution is 7.68. The van der Waals surface area contributed by atoms with E-state index in [1.54, 1.807) is 0 Å². The van der Waals surface area contributed by atoms with Crippen molar-refractivity contribution in [2.75, 3.05) is 17.4 Å². The van der Waals surface area contributed by atoms with Crippen LogP contribution in [0.5, 0.6) is 0 Å². The van der Waals surface area contributed by atoms with Crippen LogP contribution in [0.25, 0.3) is 21.6 Å². The van der Waals surface area contributed by atoms with E-state index in [-0.39, 0.29) is 28.5 Å². The Balaban J connectivity index is 1.38. The average molecular weight is 639 g/mol. The number of imidazole rings is 1. The van der Waals surface area contributed by atoms with Crippen LogP contribution in [0.15, 0.2) is 40.5 Å². The van der Waals surface area contributed by atoms with Crippen LogP contribution < -0.4 is 16.4 Å². The van der Waals surface area contributed by atoms with Gasteiger partial charge in [-0.25, -0.2) is 18.7 Å². The van der Waals surface area contributed by atoms with Crippen LogP contribution in [0.2, 0.25) is 0 Å². The lowest BCUT2D eigenvalue weighted by molar-refractivity contribution is -0.0503. The highest BCUT2D eigenvalue weighted by Crippen LogP contribution is 2.67. The number of fused-ring (bicyclic) bond motifs is 1. The molecule has 3 unspecified atom stereocenters. The maximum Gasteiger partial charge on any atom is 0.489 e. The summed E-state index contributed by atoms with van der Waals surface area (Å²) in [5.74, 6) is -0.281. The molecule has 1 aromatic carbocycles. The van der Waals surface area contributed by atoms with E-state index < -0.39 is 60.1 Å². The smallest absolute Gasteiger partial charge is 0.387 e. The van der Waals surface area contributed by atoms with Gasteiger partial charge in [0.2, 0.25) is 5.95 Å². The summed E-state index contributed by atoms with van der Waals surface area (Å²) in [5.41, 5.74) is 12.9. The van der Waals surface area contributed by atoms with E-state index in [0.717, 1.165) is 23.0 Å². The zero-order valence-electron chi connectivity index (χ0n) is 20.0. The molecule has 3 aromatic rings. The fraction of sp³-hybridized carbons (Fsp3) is 0.312. The topological polar surface area (TPSA) is 340 Å². The van der Waals surface area contributed by atoms with Crippen molar-refractivity contribution >= 4 is 51.9 Å². The second-order valence-electron chi connectivity index (χ2n) is 8.09. The van der Waals surface area contributed by atoms with E-state index >= 15 is 0 Å². The van der Waals surface area contributed by atoms with E-state index in [4.69, 9.17) is 16.0 Å². The maximum atomic E-state index is 12.3. The number of anilines is 2. The molecule has 2 aromatic heterocycles. The third-order valence-electron chi connectivity index (χ3n) is 5.18. The largest absolute Gasteiger partial charge is 0.489 e. The third kappa shape index (κ3) is 7.37. The summed E-state index contributed by atoms with van der Waals surface area (Å²) in [6, 6.07) is 4.77. The number of azide groups is 1. The van der Waals surface area contributed by atoms with Crippen LogP contribution in [-0.2, 0) is 31.6 Å². The summed E-state index contributed by atoms with van der Waals surface area (Å²) >= 11 is 0. The number of hydrogen-bond donors (Lipinski definition) is 8. The molecular formula is C16H20N9O13P3. The van der Waals surface area contributed by atoms with Crippen LogP contribution in [-0.4, -0.2) is 69.3 Å². The van der Waals surface area contributed by atoms with E-state index in [1.807, 2.05) is 5.09 Å². The Morgan fingerprint density at radius 3 is 2.49 bits per heavy atom. The molecule has 0 amide bonds. The SMILES string of the molecule is [N-]=[N+]=Nc1ccc(NP(=O)(O)OP(=O)(O)OP(=O)(O)OC[C@H]2O[C@@H](n3cnc4c(=O)[nH]c(N)nc43)[C@H](O)[C@@H]2O)cc1. The van der Waals surface area contributed by atoms with Crippen molar-refractivity contribution in [2.24, 2.45) is 5.11 Å². The molecule has 25 heteroatoms. The summed E-state index contributed by atoms with van der Waals surface area (Å²) in [7, 11) is -16.5. The lowest BCUT2D eigenvalue weighted by atomic mass is 10.1. The standard InChI is InChI=1S/C16H20N9O13P3/c17-16-20-13-10(14(28)21-16)19-6-25(13)15-12(27)11(26)9(36-15)5-35-40(31,32)38-41(33,34)37-39(29,30)23-8-3-1-7(2-4-8)22-24-18/h1-4,6,9,11-12,15,26-27H,5H2,(H,31,32)(H,33,34)(H2,23,29,30)(H3,17,20,21,28)/t9-,11-,12-,15-/m1/s1. The molecule has 0 bridgehead atoms. The predicted octanol–water partition coefficient (Wildman–Crippen LogP) is 0.726. The number of hydrogen-bond acceptors (Lipinski definition) is 14. The average Bonchev–Trinajstić information content (AvgIpc) is 3.38. The number of H-pyrrole nitrogens is 1. The van der Waals surface area contributed by atoms with Crippen molar-refractivity contribution in [3.8, 4) is 0 Å². The number of aromatic amines is 1. The third-order valence-corrected chi connectivity index (χ3v) is 9.56. The second-order valence-corrected chi connectivity index (χ2v) is 12.8. The Morgan fingerprint density at radius 2 is 1.83 bits per heavy atom. The van der Waals surface area contributed by atoms with E-state index in [2.05, 4.69) is 38.1 Å². The van der Waals surface area contributed by atoms with Gasteiger partial charge in [0.25, 0.3) is 5.56 Å². The minimum Gasteiger partial charge on any atom is -0.387 e. The molecule has 22 nitrogen and oxygen atoms in total. The second kappa shape index (κ2) is 11.6. The maximum absolute atomic E-state index is 12.3. The first kappa shape index (κ1) is 30.8. The molecule has 0 saturated carbocycles. The number of benzene rings is 1. The van der Waals surface area contributed by atoms with Crippen LogP contribution in [0.1, 0.15) is 6.23 Å². The number of nitrogens with zero attached hydrogens (tertiary/aromatic N) is 6. The summed E-state index contributed by atoms with van der Waals surface area (Å²) in [6.45, 7) is -1.02. The zero-order chi connectivity index (χ0) is 30.2. The first-order chi connectivity index (χ1) is 19.1. The Hall–Kier alpha value is -3.19. The van der Waals surface area contributed by atoms with Crippen molar-refractivity contribution in [3.05, 3.63) is 51.4 Å². The van der Waals surface area contributed by atoms with Gasteiger partial charge in [-0.2, -0.15) is 13.6 Å². The van der Waals surface area contributed by atoms with Crippen molar-refractivity contribution in [2.45, 2.75) is 24.5 Å². The summed E-state index contributed by atoms with van der Waals surface area (Å²) in [4.78, 5) is 54.0. The van der Waals surface area contributed by atoms with E-state index in [0.29, 0.717) is 0 Å². The minimum absolute atomic E-state index is 0.118. The van der Waals surface area contributed by atoms with Gasteiger partial charge in [-0.3, -0.25) is 24.0 Å². The normalized spacial score (nSPS) is 25.1. The van der Waals surface area contributed by atoms with E-state index in [1.165, 1.54) is 12.1 Å². The molecule has 41 heavy (non-hydrogen) atoms. The summed E-state index contributed by atoms with van der Waals surface area (Å²) < 4.78 is 55.9. The van der Waals surface area contributed by atoms with Crippen molar-refractivity contribution in [1.82, 2.24) is 19.5 Å². The molecule has 4 rings (SSSR count). The lowest BCUT2D eigenvalue weighted by Crippen LogP contribution is -2.33. The Labute approximate surface area is 226 Å². The fourth-order valence-corrected chi connectivity index (χ4v) is 7.25. The van der Waals surface area contributed by atoms with Gasteiger partial charge in [-0.1, -0.05) is 17.2 Å². The van der Waals surface area contributed by atoms with Gasteiger partial charge in [0.05, 0.1) is 12.9 Å². The lowest BCUT2D eigenvalue weighted by Gasteiger charge is -2.20. The number of phosphoric ester groups is 1. The van der Waals surface area contributed by atoms with Crippen LogP contribution in [0, 0.1) is 0 Å². The first-order valence-electron chi connectivity index (χ1n) is 10.8. The number of ether oxygens (including phenoxy) is 1. The van der Waals surface area contributed by atoms with Crippen LogP contribution in [0.4, 0.5) is 17.3 Å². The number of aliphatic hydroxyl groups excluding tert-OH is 2. The van der Waals surface area contributed by atoms with Gasteiger partial charge in [0.1, 0.15) is 18.3 Å². The number of aliphatic hydroxyl groups is 2. The van der Waals surface area contributed by atoms with Crippen molar-refractivity contribution < 1.29 is 56.5 Å². The number of nitrogens with two attached hydrogens (primary N) is 1. The van der Waals surface area contributed by atoms with E-state index in [9.17, 15) is 43.4 Å². The number of aromatic nitrogens is 4. The number of nitrogens with one attached hydrogen (secondary N) is 2. The van der Waals surface area contributed by atoms with Gasteiger partial charge in [-0.15, -0.1) is 0 Å². The molecule has 1 aliphatic rings. The first-order valence-corrected chi connectivity index (χ1v) is 15.4. The summed E-state index contributed by atoms with van der Waals surface area (Å²) in [6.07, 6.45) is -5.39. The van der Waals surface area contributed by atoms with Crippen molar-refractivity contribution in [3.63, 3.8) is 0 Å². The Kier molecular flexibility index (Phi) is 8.70. The molecule has 9 N–H and O–H groups in total. The molecule has 0 radical (unpaired) electrons. The van der Waals surface area contributed by atoms with Crippen LogP contribution >= 0.6 is 23.4 Å². The highest BCUT2D eigenvalue weighted by Gasteiger charge is 2.47. The molecule has 0 aliphatic carbocycles. The number of nitrogen functional groups attached to an aromatic ring is 1. The van der Waals surface area contributed by atoms with Gasteiger partial charge in [-0.05, 0) is 17.7 Å². The molecule has 3 heterocycles. The summed E-state index contributed by atoms with van der Waals surface area (Å²) in [5, 5.41) is 25.9. The monoisotopic (exact) mass is 639 g/mol. The van der Waals surface area contributed by atoms with Gasteiger partial charge < -0.3 is 35.4 Å². The van der Waals surface area contributed by atoms with Gasteiger partial charge >= 0.3 is 23.4 Å². The Bertz CT molecular complexity index is 1690. The van der Waals surface area contributed by atoms with Crippen molar-refractivity contribution in [1.29, 1.82) is 0 Å². The number of rotatable bonds is 11. The zero-order valence-corrected chi connectivity index (χ0v) is 22.7. The highest BCUT2D eigenvalue weighted by atomic mass is 31.3. The quantitative estimate of drug-likeness (QED) is 0.0620. The minimum atomic E-state index is -5.77. The van der Waals surface area contributed by atoms with Gasteiger partial charge in [0, 0.05) is 16.3 Å². The molecular weight excluding hydrogens is 619 g/mol. The Morgan fingerprint density at radius 1 is 1.15 bits per heavy atom. The molecule has 1 fully saturated rings.